The monoisotopic (exact) mass is 435 g/mol. The van der Waals surface area contributed by atoms with Crippen LogP contribution in [0.3, 0.4) is 0 Å². The molecular weight excluding hydrogens is 414 g/mol. The largest absolute Gasteiger partial charge is 0.481 e. The molecule has 3 aromatic carbocycles. The molecule has 158 valence electrons. The summed E-state index contributed by atoms with van der Waals surface area (Å²) in [6.07, 6.45) is -0.497. The highest BCUT2D eigenvalue weighted by atomic mass is 35.5. The van der Waals surface area contributed by atoms with Gasteiger partial charge < -0.3 is 15.2 Å². The second-order valence-electron chi connectivity index (χ2n) is 7.60. The first kappa shape index (κ1) is 20.9. The van der Waals surface area contributed by atoms with Crippen LogP contribution in [0.4, 0.5) is 4.79 Å². The number of aliphatic carboxylic acids is 1. The topological polar surface area (TPSA) is 75.6 Å². The number of hydrogen-bond acceptors (Lipinski definition) is 3. The van der Waals surface area contributed by atoms with E-state index in [-0.39, 0.29) is 18.9 Å². The van der Waals surface area contributed by atoms with Gasteiger partial charge in [-0.3, -0.25) is 4.79 Å². The summed E-state index contributed by atoms with van der Waals surface area (Å²) in [7, 11) is 0. The van der Waals surface area contributed by atoms with Crippen LogP contribution >= 0.6 is 11.6 Å². The molecule has 1 atom stereocenters. The third-order valence-electron chi connectivity index (χ3n) is 5.46. The molecule has 0 spiro atoms. The van der Waals surface area contributed by atoms with E-state index in [1.807, 2.05) is 42.5 Å². The molecule has 3 aromatic rings. The number of carbonyl (C=O) groups is 2. The van der Waals surface area contributed by atoms with E-state index in [9.17, 15) is 14.7 Å². The quantitative estimate of drug-likeness (QED) is 0.530. The fourth-order valence-corrected chi connectivity index (χ4v) is 4.35. The van der Waals surface area contributed by atoms with E-state index in [0.29, 0.717) is 11.4 Å². The van der Waals surface area contributed by atoms with E-state index in [0.717, 1.165) is 27.8 Å². The van der Waals surface area contributed by atoms with E-state index >= 15 is 0 Å². The number of ether oxygens (including phenoxy) is 1. The minimum absolute atomic E-state index is 0.0518. The van der Waals surface area contributed by atoms with Crippen molar-refractivity contribution in [3.8, 4) is 11.1 Å². The highest BCUT2D eigenvalue weighted by Gasteiger charge is 2.29. The first-order valence-electron chi connectivity index (χ1n) is 10.1. The van der Waals surface area contributed by atoms with Crippen molar-refractivity contribution in [3.63, 3.8) is 0 Å². The van der Waals surface area contributed by atoms with Gasteiger partial charge in [0.1, 0.15) is 6.61 Å². The molecular formula is C25H22ClNO4. The van der Waals surface area contributed by atoms with Crippen molar-refractivity contribution in [2.45, 2.75) is 24.8 Å². The van der Waals surface area contributed by atoms with E-state index < -0.39 is 18.1 Å². The Bertz CT molecular complexity index is 1070. The van der Waals surface area contributed by atoms with Gasteiger partial charge in [-0.25, -0.2) is 4.79 Å². The normalized spacial score (nSPS) is 13.2. The van der Waals surface area contributed by atoms with Crippen LogP contribution in [-0.4, -0.2) is 29.8 Å². The lowest BCUT2D eigenvalue weighted by atomic mass is 9.98. The lowest BCUT2D eigenvalue weighted by molar-refractivity contribution is -0.137. The molecule has 6 heteroatoms. The molecule has 1 aliphatic rings. The number of carboxylic acids is 1. The van der Waals surface area contributed by atoms with Gasteiger partial charge in [0, 0.05) is 17.0 Å². The van der Waals surface area contributed by atoms with Crippen molar-refractivity contribution in [3.05, 3.63) is 94.5 Å². The molecule has 2 N–H and O–H groups in total. The molecule has 0 aromatic heterocycles. The number of halogens is 1. The second-order valence-corrected chi connectivity index (χ2v) is 8.04. The van der Waals surface area contributed by atoms with Gasteiger partial charge in [0.25, 0.3) is 0 Å². The van der Waals surface area contributed by atoms with Gasteiger partial charge >= 0.3 is 12.1 Å². The number of benzene rings is 3. The predicted octanol–water partition coefficient (Wildman–Crippen LogP) is 5.26. The van der Waals surface area contributed by atoms with E-state index in [4.69, 9.17) is 16.3 Å². The second kappa shape index (κ2) is 9.23. The molecule has 0 saturated heterocycles. The van der Waals surface area contributed by atoms with Gasteiger partial charge in [0.2, 0.25) is 0 Å². The number of amides is 1. The van der Waals surface area contributed by atoms with Crippen molar-refractivity contribution >= 4 is 23.7 Å². The first-order chi connectivity index (χ1) is 15.0. The molecule has 1 aliphatic carbocycles. The summed E-state index contributed by atoms with van der Waals surface area (Å²) >= 11 is 6.02. The van der Waals surface area contributed by atoms with Gasteiger partial charge in [-0.2, -0.15) is 0 Å². The minimum Gasteiger partial charge on any atom is -0.481 e. The zero-order chi connectivity index (χ0) is 21.8. The molecule has 0 fully saturated rings. The highest BCUT2D eigenvalue weighted by Crippen LogP contribution is 2.44. The van der Waals surface area contributed by atoms with Crippen LogP contribution in [0.5, 0.6) is 0 Å². The standard InChI is InChI=1S/C25H22ClNO4/c26-17-7-5-6-16(12-17)13-18(14-24(28)29)27-25(30)31-15-23-21-10-3-1-8-19(21)20-9-2-4-11-22(20)23/h1-12,18,23H,13-15H2,(H,27,30)(H,28,29)/t18-/m1/s1. The summed E-state index contributed by atoms with van der Waals surface area (Å²) in [5.41, 5.74) is 5.39. The predicted molar refractivity (Wildman–Crippen MR) is 119 cm³/mol. The molecule has 0 radical (unpaired) electrons. The van der Waals surface area contributed by atoms with Crippen LogP contribution in [-0.2, 0) is 16.0 Å². The molecule has 0 saturated carbocycles. The Labute approximate surface area is 185 Å². The van der Waals surface area contributed by atoms with E-state index in [1.165, 1.54) is 0 Å². The summed E-state index contributed by atoms with van der Waals surface area (Å²) in [5.74, 6) is -1.05. The number of alkyl carbamates (subject to hydrolysis) is 1. The Balaban J connectivity index is 1.43. The summed E-state index contributed by atoms with van der Waals surface area (Å²) < 4.78 is 5.54. The molecule has 0 aliphatic heterocycles. The summed E-state index contributed by atoms with van der Waals surface area (Å²) in [6.45, 7) is 0.177. The smallest absolute Gasteiger partial charge is 0.407 e. The summed E-state index contributed by atoms with van der Waals surface area (Å²) in [4.78, 5) is 23.8. The lowest BCUT2D eigenvalue weighted by Crippen LogP contribution is -2.39. The highest BCUT2D eigenvalue weighted by molar-refractivity contribution is 6.30. The van der Waals surface area contributed by atoms with Crippen LogP contribution in [0.1, 0.15) is 29.0 Å². The summed E-state index contributed by atoms with van der Waals surface area (Å²) in [6, 6.07) is 22.7. The average Bonchev–Trinajstić information content (AvgIpc) is 3.06. The molecule has 0 bridgehead atoms. The fraction of sp³-hybridized carbons (Fsp3) is 0.200. The van der Waals surface area contributed by atoms with Crippen LogP contribution in [0.15, 0.2) is 72.8 Å². The molecule has 0 unspecified atom stereocenters. The Morgan fingerprint density at radius 2 is 1.61 bits per heavy atom. The number of fused-ring (bicyclic) bond motifs is 3. The Hall–Kier alpha value is -3.31. The number of rotatable bonds is 7. The zero-order valence-electron chi connectivity index (χ0n) is 16.8. The van der Waals surface area contributed by atoms with E-state index in [1.54, 1.807) is 18.2 Å². The average molecular weight is 436 g/mol. The van der Waals surface area contributed by atoms with Gasteiger partial charge in [0.15, 0.2) is 0 Å². The summed E-state index contributed by atoms with van der Waals surface area (Å²) in [5, 5.41) is 12.5. The minimum atomic E-state index is -0.994. The van der Waals surface area contributed by atoms with E-state index in [2.05, 4.69) is 17.4 Å². The Morgan fingerprint density at radius 1 is 0.968 bits per heavy atom. The maximum atomic E-state index is 12.5. The third-order valence-corrected chi connectivity index (χ3v) is 5.69. The number of carboxylic acid groups (broad SMARTS) is 1. The van der Waals surface area contributed by atoms with Crippen molar-refractivity contribution < 1.29 is 19.4 Å². The zero-order valence-corrected chi connectivity index (χ0v) is 17.5. The number of carbonyl (C=O) groups excluding carboxylic acids is 1. The maximum Gasteiger partial charge on any atom is 0.407 e. The van der Waals surface area contributed by atoms with Crippen molar-refractivity contribution in [1.29, 1.82) is 0 Å². The van der Waals surface area contributed by atoms with Crippen molar-refractivity contribution in [2.75, 3.05) is 6.61 Å². The molecule has 4 rings (SSSR count). The first-order valence-corrected chi connectivity index (χ1v) is 10.5. The van der Waals surface area contributed by atoms with Gasteiger partial charge in [-0.1, -0.05) is 72.3 Å². The van der Waals surface area contributed by atoms with Gasteiger partial charge in [-0.15, -0.1) is 0 Å². The lowest BCUT2D eigenvalue weighted by Gasteiger charge is -2.19. The van der Waals surface area contributed by atoms with Crippen LogP contribution in [0.25, 0.3) is 11.1 Å². The van der Waals surface area contributed by atoms with Crippen molar-refractivity contribution in [2.24, 2.45) is 0 Å². The van der Waals surface area contributed by atoms with Gasteiger partial charge in [0.05, 0.1) is 6.42 Å². The maximum absolute atomic E-state index is 12.5. The van der Waals surface area contributed by atoms with Gasteiger partial charge in [-0.05, 0) is 46.4 Å². The van der Waals surface area contributed by atoms with Crippen LogP contribution in [0, 0.1) is 0 Å². The number of nitrogens with one attached hydrogen (secondary N) is 1. The molecule has 1 amide bonds. The van der Waals surface area contributed by atoms with Crippen LogP contribution in [0.2, 0.25) is 5.02 Å². The third kappa shape index (κ3) is 4.89. The molecule has 5 nitrogen and oxygen atoms in total. The van der Waals surface area contributed by atoms with Crippen molar-refractivity contribution in [1.82, 2.24) is 5.32 Å². The fourth-order valence-electron chi connectivity index (χ4n) is 4.14. The molecule has 0 heterocycles. The molecule has 31 heavy (non-hydrogen) atoms. The number of hydrogen-bond donors (Lipinski definition) is 2. The Kier molecular flexibility index (Phi) is 6.23. The van der Waals surface area contributed by atoms with Crippen LogP contribution < -0.4 is 5.32 Å². The SMILES string of the molecule is O=C(O)C[C@@H](Cc1cccc(Cl)c1)NC(=O)OCC1c2ccccc2-c2ccccc21. The Morgan fingerprint density at radius 3 is 2.23 bits per heavy atom.